The molecule has 1 aliphatic rings. The van der Waals surface area contributed by atoms with E-state index in [2.05, 4.69) is 27.3 Å². The fraction of sp³-hybridized carbons (Fsp3) is 0.632. The summed E-state index contributed by atoms with van der Waals surface area (Å²) in [6.45, 7) is 6.47. The summed E-state index contributed by atoms with van der Waals surface area (Å²) < 4.78 is 26.2. The van der Waals surface area contributed by atoms with Gasteiger partial charge in [-0.05, 0) is 56.3 Å². The molecule has 154 valence electrons. The summed E-state index contributed by atoms with van der Waals surface area (Å²) in [6, 6.07) is 6.91. The van der Waals surface area contributed by atoms with Gasteiger partial charge in [0.05, 0.1) is 11.4 Å². The van der Waals surface area contributed by atoms with Crippen molar-refractivity contribution in [3.8, 4) is 0 Å². The minimum Gasteiger partial charge on any atom is -0.357 e. The number of rotatable bonds is 8. The molecule has 0 radical (unpaired) electrons. The van der Waals surface area contributed by atoms with Crippen LogP contribution in [0, 0.1) is 5.41 Å². The quantitative estimate of drug-likeness (QED) is 0.286. The lowest BCUT2D eigenvalue weighted by Gasteiger charge is -2.28. The monoisotopic (exact) mass is 508 g/mol. The maximum Gasteiger partial charge on any atom is 0.240 e. The van der Waals surface area contributed by atoms with Crippen molar-refractivity contribution in [2.24, 2.45) is 10.4 Å². The van der Waals surface area contributed by atoms with Gasteiger partial charge in [-0.2, -0.15) is 0 Å². The highest BCUT2D eigenvalue weighted by Gasteiger charge is 2.31. The maximum absolute atomic E-state index is 11.9. The number of benzene rings is 1. The number of halogens is 1. The van der Waals surface area contributed by atoms with Crippen LogP contribution in [0.25, 0.3) is 0 Å². The molecular weight excluding hydrogens is 475 g/mol. The Morgan fingerprint density at radius 1 is 1.19 bits per heavy atom. The van der Waals surface area contributed by atoms with E-state index in [4.69, 9.17) is 0 Å². The van der Waals surface area contributed by atoms with E-state index >= 15 is 0 Å². The molecule has 0 saturated heterocycles. The van der Waals surface area contributed by atoms with Gasteiger partial charge in [0.15, 0.2) is 5.96 Å². The molecular formula is C19H33IN4O2S. The Balaban J connectivity index is 0.00000364. The number of hydrogen-bond donors (Lipinski definition) is 3. The van der Waals surface area contributed by atoms with Crippen LogP contribution >= 0.6 is 24.0 Å². The zero-order valence-corrected chi connectivity index (χ0v) is 19.7. The van der Waals surface area contributed by atoms with E-state index in [0.717, 1.165) is 24.6 Å². The van der Waals surface area contributed by atoms with E-state index in [9.17, 15) is 8.42 Å². The van der Waals surface area contributed by atoms with Crippen LogP contribution < -0.4 is 15.4 Å². The molecule has 8 heteroatoms. The summed E-state index contributed by atoms with van der Waals surface area (Å²) in [5.41, 5.74) is 1.25. The first-order chi connectivity index (χ1) is 12.4. The van der Waals surface area contributed by atoms with Gasteiger partial charge in [0.25, 0.3) is 0 Å². The Morgan fingerprint density at radius 3 is 2.48 bits per heavy atom. The van der Waals surface area contributed by atoms with Gasteiger partial charge in [-0.25, -0.2) is 18.1 Å². The third-order valence-electron chi connectivity index (χ3n) is 5.29. The molecule has 0 bridgehead atoms. The first kappa shape index (κ1) is 24.2. The normalized spacial score (nSPS) is 16.6. The summed E-state index contributed by atoms with van der Waals surface area (Å²) in [5, 5.41) is 6.77. The molecule has 0 heterocycles. The van der Waals surface area contributed by atoms with Gasteiger partial charge in [0, 0.05) is 13.1 Å². The minimum absolute atomic E-state index is 0. The van der Waals surface area contributed by atoms with Crippen LogP contribution in [-0.2, 0) is 16.6 Å². The molecule has 2 rings (SSSR count). The number of guanidine groups is 1. The van der Waals surface area contributed by atoms with Crippen LogP contribution in [0.15, 0.2) is 34.2 Å². The molecule has 27 heavy (non-hydrogen) atoms. The topological polar surface area (TPSA) is 82.6 Å². The maximum atomic E-state index is 11.9. The average molecular weight is 508 g/mol. The molecule has 1 fully saturated rings. The molecule has 3 N–H and O–H groups in total. The summed E-state index contributed by atoms with van der Waals surface area (Å²) in [4.78, 5) is 4.90. The van der Waals surface area contributed by atoms with Crippen molar-refractivity contribution >= 4 is 40.0 Å². The van der Waals surface area contributed by atoms with Crippen molar-refractivity contribution < 1.29 is 8.42 Å². The fourth-order valence-electron chi connectivity index (χ4n) is 3.49. The molecule has 1 aromatic rings. The second-order valence-corrected chi connectivity index (χ2v) is 8.85. The van der Waals surface area contributed by atoms with Crippen LogP contribution in [0.3, 0.4) is 0 Å². The van der Waals surface area contributed by atoms with Gasteiger partial charge in [0.2, 0.25) is 10.0 Å². The number of nitrogens with zero attached hydrogens (tertiary/aromatic N) is 1. The Labute approximate surface area is 181 Å². The predicted octanol–water partition coefficient (Wildman–Crippen LogP) is 3.24. The van der Waals surface area contributed by atoms with Crippen molar-refractivity contribution in [3.05, 3.63) is 29.8 Å². The number of aliphatic imine (C=N–C) groups is 1. The van der Waals surface area contributed by atoms with Crippen LogP contribution in [0.2, 0.25) is 0 Å². The van der Waals surface area contributed by atoms with Gasteiger partial charge in [0.1, 0.15) is 0 Å². The summed E-state index contributed by atoms with van der Waals surface area (Å²) >= 11 is 0. The second kappa shape index (κ2) is 11.2. The van der Waals surface area contributed by atoms with Crippen molar-refractivity contribution in [2.75, 3.05) is 20.1 Å². The molecule has 0 amide bonds. The Hall–Kier alpha value is -0.870. The molecule has 0 spiro atoms. The van der Waals surface area contributed by atoms with Gasteiger partial charge in [-0.15, -0.1) is 24.0 Å². The van der Waals surface area contributed by atoms with Crippen molar-refractivity contribution in [3.63, 3.8) is 0 Å². The Kier molecular flexibility index (Phi) is 10.0. The summed E-state index contributed by atoms with van der Waals surface area (Å²) in [6.07, 6.45) is 6.37. The zero-order chi connectivity index (χ0) is 19.0. The van der Waals surface area contributed by atoms with Crippen LogP contribution in [0.1, 0.15) is 51.5 Å². The van der Waals surface area contributed by atoms with Crippen molar-refractivity contribution in [1.29, 1.82) is 0 Å². The fourth-order valence-corrected chi connectivity index (χ4v) is 4.29. The molecule has 1 aliphatic carbocycles. The standard InChI is InChI=1S/C19H32N4O2S.HI/c1-4-19(11-6-7-12-19)15-23-18(21-5-2)22-14-16-9-8-10-17(13-16)26(24,25)20-3;/h8-10,13,20H,4-7,11-12,14-15H2,1-3H3,(H2,21,22,23);1H. The highest BCUT2D eigenvalue weighted by molar-refractivity contribution is 14.0. The third kappa shape index (κ3) is 6.90. The van der Waals surface area contributed by atoms with Crippen LogP contribution in [-0.4, -0.2) is 34.5 Å². The van der Waals surface area contributed by atoms with Gasteiger partial charge >= 0.3 is 0 Å². The highest BCUT2D eigenvalue weighted by Crippen LogP contribution is 2.40. The molecule has 1 saturated carbocycles. The predicted molar refractivity (Wildman–Crippen MR) is 122 cm³/mol. The van der Waals surface area contributed by atoms with Crippen LogP contribution in [0.4, 0.5) is 0 Å². The lowest BCUT2D eigenvalue weighted by molar-refractivity contribution is 0.283. The molecule has 0 unspecified atom stereocenters. The van der Waals surface area contributed by atoms with Gasteiger partial charge < -0.3 is 10.6 Å². The van der Waals surface area contributed by atoms with Gasteiger partial charge in [-0.1, -0.05) is 31.9 Å². The summed E-state index contributed by atoms with van der Waals surface area (Å²) in [7, 11) is -2.02. The van der Waals surface area contributed by atoms with E-state index in [-0.39, 0.29) is 28.9 Å². The highest BCUT2D eigenvalue weighted by atomic mass is 127. The van der Waals surface area contributed by atoms with E-state index in [1.165, 1.54) is 39.2 Å². The van der Waals surface area contributed by atoms with E-state index in [0.29, 0.717) is 12.0 Å². The van der Waals surface area contributed by atoms with E-state index < -0.39 is 10.0 Å². The SMILES string of the molecule is CCNC(=NCc1cccc(S(=O)(=O)NC)c1)NCC1(CC)CCCC1.I. The number of hydrogen-bond acceptors (Lipinski definition) is 3. The second-order valence-electron chi connectivity index (χ2n) is 6.96. The van der Waals surface area contributed by atoms with Gasteiger partial charge in [-0.3, -0.25) is 0 Å². The number of sulfonamides is 1. The van der Waals surface area contributed by atoms with E-state index in [1.54, 1.807) is 18.2 Å². The van der Waals surface area contributed by atoms with Crippen molar-refractivity contribution in [1.82, 2.24) is 15.4 Å². The van der Waals surface area contributed by atoms with E-state index in [1.807, 2.05) is 13.0 Å². The molecule has 6 nitrogen and oxygen atoms in total. The smallest absolute Gasteiger partial charge is 0.240 e. The van der Waals surface area contributed by atoms with Crippen LogP contribution in [0.5, 0.6) is 0 Å². The lowest BCUT2D eigenvalue weighted by atomic mass is 9.83. The average Bonchev–Trinajstić information content (AvgIpc) is 3.14. The molecule has 0 aromatic heterocycles. The Morgan fingerprint density at radius 2 is 1.89 bits per heavy atom. The first-order valence-electron chi connectivity index (χ1n) is 9.49. The molecule has 1 aromatic carbocycles. The minimum atomic E-state index is -3.43. The largest absolute Gasteiger partial charge is 0.357 e. The lowest BCUT2D eigenvalue weighted by Crippen LogP contribution is -2.42. The zero-order valence-electron chi connectivity index (χ0n) is 16.5. The molecule has 0 aliphatic heterocycles. The Bertz CT molecular complexity index is 716. The summed E-state index contributed by atoms with van der Waals surface area (Å²) in [5.74, 6) is 0.786. The van der Waals surface area contributed by atoms with Crippen molar-refractivity contribution in [2.45, 2.75) is 57.4 Å². The third-order valence-corrected chi connectivity index (χ3v) is 6.70. The number of nitrogens with one attached hydrogen (secondary N) is 3. The molecule has 0 atom stereocenters. The first-order valence-corrected chi connectivity index (χ1v) is 11.0.